The number of rotatable bonds is 7. The van der Waals surface area contributed by atoms with Crippen molar-refractivity contribution in [2.45, 2.75) is 25.8 Å². The van der Waals surface area contributed by atoms with Crippen LogP contribution in [0.3, 0.4) is 0 Å². The monoisotopic (exact) mass is 175 g/mol. The van der Waals surface area contributed by atoms with Crippen molar-refractivity contribution < 1.29 is 14.6 Å². The van der Waals surface area contributed by atoms with Crippen molar-refractivity contribution in [1.29, 1.82) is 0 Å². The predicted octanol–water partition coefficient (Wildman–Crippen LogP) is 0.476. The first kappa shape index (κ1) is 11.4. The molecule has 0 fully saturated rings. The molecule has 0 aromatic carbocycles. The maximum atomic E-state index is 10.1. The van der Waals surface area contributed by atoms with Gasteiger partial charge in [-0.05, 0) is 19.9 Å². The average Bonchev–Trinajstić information content (AvgIpc) is 1.98. The fourth-order valence-electron chi connectivity index (χ4n) is 0.897. The summed E-state index contributed by atoms with van der Waals surface area (Å²) >= 11 is 0. The van der Waals surface area contributed by atoms with Crippen LogP contribution in [0.15, 0.2) is 0 Å². The molecule has 0 saturated heterocycles. The molecular formula is C8H17NO3. The van der Waals surface area contributed by atoms with Gasteiger partial charge in [0.1, 0.15) is 0 Å². The van der Waals surface area contributed by atoms with Gasteiger partial charge in [-0.2, -0.15) is 0 Å². The molecule has 0 aromatic heterocycles. The molecule has 0 aromatic rings. The highest BCUT2D eigenvalue weighted by molar-refractivity contribution is 5.66. The van der Waals surface area contributed by atoms with Crippen LogP contribution in [-0.2, 0) is 9.53 Å². The van der Waals surface area contributed by atoms with Crippen LogP contribution in [0.25, 0.3) is 0 Å². The largest absolute Gasteiger partial charge is 0.481 e. The zero-order valence-electron chi connectivity index (χ0n) is 7.67. The van der Waals surface area contributed by atoms with Gasteiger partial charge in [0.25, 0.3) is 0 Å². The Kier molecular flexibility index (Phi) is 6.70. The Balaban J connectivity index is 3.13. The summed E-state index contributed by atoms with van der Waals surface area (Å²) in [4.78, 5) is 10.1. The number of ether oxygens (including phenoxy) is 1. The van der Waals surface area contributed by atoms with Gasteiger partial charge < -0.3 is 15.2 Å². The summed E-state index contributed by atoms with van der Waals surface area (Å²) in [6.45, 7) is 3.40. The summed E-state index contributed by atoms with van der Waals surface area (Å²) in [7, 11) is 1.65. The smallest absolute Gasteiger partial charge is 0.303 e. The van der Waals surface area contributed by atoms with E-state index < -0.39 is 5.97 Å². The van der Waals surface area contributed by atoms with Gasteiger partial charge in [-0.25, -0.2) is 0 Å². The molecule has 4 heteroatoms. The number of aliphatic carboxylic acids is 1. The Bertz CT molecular complexity index is 127. The number of carbonyl (C=O) groups is 1. The predicted molar refractivity (Wildman–Crippen MR) is 46.2 cm³/mol. The van der Waals surface area contributed by atoms with Crippen LogP contribution in [0.4, 0.5) is 0 Å². The number of methoxy groups -OCH3 is 1. The standard InChI is InChI=1S/C8H17NO3/c1-7(6-12-2)9-5-3-4-8(10)11/h7,9H,3-6H2,1-2H3,(H,10,11). The molecule has 0 spiro atoms. The highest BCUT2D eigenvalue weighted by Gasteiger charge is 2.00. The molecule has 72 valence electrons. The van der Waals surface area contributed by atoms with Crippen LogP contribution >= 0.6 is 0 Å². The summed E-state index contributed by atoms with van der Waals surface area (Å²) in [6, 6.07) is 0.295. The summed E-state index contributed by atoms with van der Waals surface area (Å²) in [5.41, 5.74) is 0. The summed E-state index contributed by atoms with van der Waals surface area (Å²) in [5, 5.41) is 11.5. The lowest BCUT2D eigenvalue weighted by Crippen LogP contribution is -2.31. The second kappa shape index (κ2) is 7.06. The Hall–Kier alpha value is -0.610. The molecule has 0 aliphatic heterocycles. The maximum absolute atomic E-state index is 10.1. The van der Waals surface area contributed by atoms with Crippen LogP contribution in [-0.4, -0.2) is 37.4 Å². The molecule has 0 saturated carbocycles. The Morgan fingerprint density at radius 3 is 2.83 bits per heavy atom. The summed E-state index contributed by atoms with van der Waals surface area (Å²) in [5.74, 6) is -0.740. The first-order chi connectivity index (χ1) is 5.66. The third kappa shape index (κ3) is 7.50. The van der Waals surface area contributed by atoms with Gasteiger partial charge in [-0.3, -0.25) is 4.79 Å². The normalized spacial score (nSPS) is 12.8. The lowest BCUT2D eigenvalue weighted by Gasteiger charge is -2.11. The molecule has 0 aliphatic carbocycles. The van der Waals surface area contributed by atoms with E-state index in [0.717, 1.165) is 6.54 Å². The van der Waals surface area contributed by atoms with Crippen LogP contribution in [0.1, 0.15) is 19.8 Å². The summed E-state index contributed by atoms with van der Waals surface area (Å²) in [6.07, 6.45) is 0.899. The lowest BCUT2D eigenvalue weighted by atomic mass is 10.3. The van der Waals surface area contributed by atoms with Crippen LogP contribution < -0.4 is 5.32 Å². The number of hydrogen-bond donors (Lipinski definition) is 2. The quantitative estimate of drug-likeness (QED) is 0.552. The second-order valence-corrected chi connectivity index (χ2v) is 2.81. The molecule has 0 aliphatic rings. The second-order valence-electron chi connectivity index (χ2n) is 2.81. The maximum Gasteiger partial charge on any atom is 0.303 e. The van der Waals surface area contributed by atoms with Gasteiger partial charge in [0.2, 0.25) is 0 Å². The Morgan fingerprint density at radius 1 is 1.67 bits per heavy atom. The van der Waals surface area contributed by atoms with Gasteiger partial charge >= 0.3 is 5.97 Å². The lowest BCUT2D eigenvalue weighted by molar-refractivity contribution is -0.137. The van der Waals surface area contributed by atoms with E-state index in [9.17, 15) is 4.79 Å². The average molecular weight is 175 g/mol. The van der Waals surface area contributed by atoms with Crippen LogP contribution in [0.5, 0.6) is 0 Å². The Labute approximate surface area is 72.9 Å². The third-order valence-electron chi connectivity index (χ3n) is 1.48. The van der Waals surface area contributed by atoms with E-state index in [1.807, 2.05) is 6.92 Å². The van der Waals surface area contributed by atoms with Gasteiger partial charge in [0, 0.05) is 19.6 Å². The van der Waals surface area contributed by atoms with E-state index in [-0.39, 0.29) is 6.42 Å². The zero-order valence-corrected chi connectivity index (χ0v) is 7.67. The number of nitrogens with one attached hydrogen (secondary N) is 1. The van der Waals surface area contributed by atoms with Crippen molar-refractivity contribution in [1.82, 2.24) is 5.32 Å². The topological polar surface area (TPSA) is 58.6 Å². The first-order valence-electron chi connectivity index (χ1n) is 4.11. The molecule has 0 heterocycles. The van der Waals surface area contributed by atoms with Crippen molar-refractivity contribution in [3.63, 3.8) is 0 Å². The number of hydrogen-bond acceptors (Lipinski definition) is 3. The van der Waals surface area contributed by atoms with Crippen molar-refractivity contribution in [3.05, 3.63) is 0 Å². The number of carboxylic acid groups (broad SMARTS) is 1. The molecule has 2 N–H and O–H groups in total. The molecule has 4 nitrogen and oxygen atoms in total. The minimum absolute atomic E-state index is 0.229. The van der Waals surface area contributed by atoms with Gasteiger partial charge in [-0.15, -0.1) is 0 Å². The Morgan fingerprint density at radius 2 is 2.33 bits per heavy atom. The SMILES string of the molecule is COCC(C)NCCCC(=O)O. The third-order valence-corrected chi connectivity index (χ3v) is 1.48. The number of carboxylic acids is 1. The summed E-state index contributed by atoms with van der Waals surface area (Å²) < 4.78 is 4.90. The van der Waals surface area contributed by atoms with Crippen LogP contribution in [0.2, 0.25) is 0 Å². The van der Waals surface area contributed by atoms with Crippen molar-refractivity contribution in [3.8, 4) is 0 Å². The highest BCUT2D eigenvalue weighted by atomic mass is 16.5. The van der Waals surface area contributed by atoms with Crippen molar-refractivity contribution >= 4 is 5.97 Å². The van der Waals surface area contributed by atoms with Crippen molar-refractivity contribution in [2.24, 2.45) is 0 Å². The first-order valence-corrected chi connectivity index (χ1v) is 4.11. The van der Waals surface area contributed by atoms with Gasteiger partial charge in [0.15, 0.2) is 0 Å². The molecular weight excluding hydrogens is 158 g/mol. The van der Waals surface area contributed by atoms with Gasteiger partial charge in [0.05, 0.1) is 6.61 Å². The zero-order chi connectivity index (χ0) is 9.40. The van der Waals surface area contributed by atoms with Crippen LogP contribution in [0, 0.1) is 0 Å². The molecule has 0 bridgehead atoms. The van der Waals surface area contributed by atoms with E-state index in [1.165, 1.54) is 0 Å². The molecule has 0 rings (SSSR count). The minimum Gasteiger partial charge on any atom is -0.481 e. The van der Waals surface area contributed by atoms with E-state index in [1.54, 1.807) is 7.11 Å². The van der Waals surface area contributed by atoms with Gasteiger partial charge in [-0.1, -0.05) is 0 Å². The van der Waals surface area contributed by atoms with Crippen molar-refractivity contribution in [2.75, 3.05) is 20.3 Å². The molecule has 0 radical (unpaired) electrons. The molecule has 1 unspecified atom stereocenters. The van der Waals surface area contributed by atoms with E-state index in [0.29, 0.717) is 19.1 Å². The molecule has 1 atom stereocenters. The highest BCUT2D eigenvalue weighted by Crippen LogP contribution is 1.88. The fourth-order valence-corrected chi connectivity index (χ4v) is 0.897. The van der Waals surface area contributed by atoms with E-state index >= 15 is 0 Å². The molecule has 0 amide bonds. The van der Waals surface area contributed by atoms with E-state index in [4.69, 9.17) is 9.84 Å². The molecule has 12 heavy (non-hydrogen) atoms. The minimum atomic E-state index is -0.740. The fraction of sp³-hybridized carbons (Fsp3) is 0.875. The van der Waals surface area contributed by atoms with E-state index in [2.05, 4.69) is 5.32 Å².